The Morgan fingerprint density at radius 2 is 1.67 bits per heavy atom. The third kappa shape index (κ3) is 3.22. The number of allylic oxidation sites excluding steroid dienone is 1. The first-order valence-electron chi connectivity index (χ1n) is 12.4. The molecular formula is C28H38O2. The smallest absolute Gasteiger partial charge is 0.159 e. The predicted molar refractivity (Wildman–Crippen MR) is 122 cm³/mol. The number of hydrogen-bond donors (Lipinski definition) is 1. The Morgan fingerprint density at radius 1 is 0.933 bits per heavy atom. The van der Waals surface area contributed by atoms with Crippen LogP contribution in [0.4, 0.5) is 0 Å². The van der Waals surface area contributed by atoms with Crippen LogP contribution >= 0.6 is 0 Å². The number of fused-ring (bicyclic) bond motifs is 5. The summed E-state index contributed by atoms with van der Waals surface area (Å²) >= 11 is 0. The molecule has 2 nitrogen and oxygen atoms in total. The molecule has 4 aliphatic rings. The van der Waals surface area contributed by atoms with Gasteiger partial charge < -0.3 is 5.11 Å². The van der Waals surface area contributed by atoms with E-state index in [9.17, 15) is 9.90 Å². The lowest BCUT2D eigenvalue weighted by Crippen LogP contribution is -2.54. The second kappa shape index (κ2) is 7.62. The molecule has 0 heterocycles. The molecule has 0 bridgehead atoms. The Kier molecular flexibility index (Phi) is 5.21. The standard InChI is InChI=1S/C28H38O2/c1-27-16-14-21(29)18-20(27)9-10-22-23-11-12-25(28(23,2)17-15-24(22)27)26(30)13-8-19-6-4-3-5-7-19/h3-8,13,20-25,29H,9-12,14-18H2,1-2H3/b13-8+/t20-,21+,22+,23+,24+,25+,27-,28-/m0/s1. The number of aliphatic hydroxyl groups is 1. The normalized spacial score (nSPS) is 45.6. The van der Waals surface area contributed by atoms with Crippen molar-refractivity contribution in [1.82, 2.24) is 0 Å². The Hall–Kier alpha value is -1.41. The van der Waals surface area contributed by atoms with E-state index in [0.29, 0.717) is 23.0 Å². The van der Waals surface area contributed by atoms with Gasteiger partial charge in [0.2, 0.25) is 0 Å². The average Bonchev–Trinajstić information content (AvgIpc) is 3.10. The van der Waals surface area contributed by atoms with E-state index in [1.54, 1.807) is 0 Å². The zero-order chi connectivity index (χ0) is 20.9. The van der Waals surface area contributed by atoms with E-state index >= 15 is 0 Å². The molecule has 0 aromatic heterocycles. The molecule has 0 aliphatic heterocycles. The molecule has 0 spiro atoms. The topological polar surface area (TPSA) is 37.3 Å². The van der Waals surface area contributed by atoms with Gasteiger partial charge in [0.15, 0.2) is 5.78 Å². The molecule has 1 aromatic rings. The maximum absolute atomic E-state index is 13.3. The highest BCUT2D eigenvalue weighted by Gasteiger charge is 2.60. The first kappa shape index (κ1) is 20.5. The minimum absolute atomic E-state index is 0.0710. The molecule has 4 aliphatic carbocycles. The average molecular weight is 407 g/mol. The third-order valence-corrected chi connectivity index (χ3v) is 10.2. The number of ketones is 1. The summed E-state index contributed by atoms with van der Waals surface area (Å²) in [6.45, 7) is 4.99. The number of aliphatic hydroxyl groups excluding tert-OH is 1. The minimum atomic E-state index is -0.0710. The van der Waals surface area contributed by atoms with Crippen LogP contribution < -0.4 is 0 Å². The molecule has 0 radical (unpaired) electrons. The van der Waals surface area contributed by atoms with Crippen LogP contribution in [-0.2, 0) is 4.79 Å². The van der Waals surface area contributed by atoms with Gasteiger partial charge in [-0.2, -0.15) is 0 Å². The van der Waals surface area contributed by atoms with Gasteiger partial charge in [0.1, 0.15) is 0 Å². The summed E-state index contributed by atoms with van der Waals surface area (Å²) in [5.41, 5.74) is 1.70. The van der Waals surface area contributed by atoms with E-state index < -0.39 is 0 Å². The van der Waals surface area contributed by atoms with Crippen molar-refractivity contribution in [1.29, 1.82) is 0 Å². The van der Waals surface area contributed by atoms with Gasteiger partial charge in [0.05, 0.1) is 6.10 Å². The molecule has 8 atom stereocenters. The molecule has 162 valence electrons. The van der Waals surface area contributed by atoms with Crippen molar-refractivity contribution < 1.29 is 9.90 Å². The van der Waals surface area contributed by atoms with Crippen LogP contribution in [0.3, 0.4) is 0 Å². The quantitative estimate of drug-likeness (QED) is 0.599. The Morgan fingerprint density at radius 3 is 2.47 bits per heavy atom. The van der Waals surface area contributed by atoms with E-state index in [4.69, 9.17) is 0 Å². The summed E-state index contributed by atoms with van der Waals surface area (Å²) in [5.74, 6) is 3.55. The molecule has 0 amide bonds. The number of benzene rings is 1. The third-order valence-electron chi connectivity index (χ3n) is 10.2. The van der Waals surface area contributed by atoms with Crippen molar-refractivity contribution in [2.45, 2.75) is 77.7 Å². The Bertz CT molecular complexity index is 813. The first-order valence-corrected chi connectivity index (χ1v) is 12.4. The van der Waals surface area contributed by atoms with Gasteiger partial charge in [-0.1, -0.05) is 50.3 Å². The van der Waals surface area contributed by atoms with Gasteiger partial charge in [0, 0.05) is 5.92 Å². The summed E-state index contributed by atoms with van der Waals surface area (Å²) in [7, 11) is 0. The summed E-state index contributed by atoms with van der Waals surface area (Å²) < 4.78 is 0. The number of carbonyl (C=O) groups excluding carboxylic acids is 1. The highest BCUT2D eigenvalue weighted by molar-refractivity contribution is 5.96. The zero-order valence-corrected chi connectivity index (χ0v) is 18.7. The summed E-state index contributed by atoms with van der Waals surface area (Å²) in [4.78, 5) is 13.3. The number of rotatable bonds is 3. The van der Waals surface area contributed by atoms with Crippen molar-refractivity contribution in [2.75, 3.05) is 0 Å². The maximum Gasteiger partial charge on any atom is 0.159 e. The molecule has 4 fully saturated rings. The first-order chi connectivity index (χ1) is 14.4. The number of hydrogen-bond acceptors (Lipinski definition) is 2. The summed E-state index contributed by atoms with van der Waals surface area (Å²) in [6, 6.07) is 10.2. The van der Waals surface area contributed by atoms with E-state index in [1.165, 1.54) is 38.5 Å². The molecule has 0 saturated heterocycles. The van der Waals surface area contributed by atoms with Gasteiger partial charge >= 0.3 is 0 Å². The van der Waals surface area contributed by atoms with Crippen LogP contribution in [0.15, 0.2) is 36.4 Å². The van der Waals surface area contributed by atoms with Gasteiger partial charge in [-0.3, -0.25) is 4.79 Å². The zero-order valence-electron chi connectivity index (χ0n) is 18.7. The van der Waals surface area contributed by atoms with Crippen LogP contribution in [0.2, 0.25) is 0 Å². The Balaban J connectivity index is 1.34. The predicted octanol–water partition coefficient (Wildman–Crippen LogP) is 6.29. The molecule has 0 unspecified atom stereocenters. The second-order valence-electron chi connectivity index (χ2n) is 11.4. The fourth-order valence-corrected chi connectivity index (χ4v) is 8.56. The fraction of sp³-hybridized carbons (Fsp3) is 0.679. The lowest BCUT2D eigenvalue weighted by Gasteiger charge is -2.60. The fourth-order valence-electron chi connectivity index (χ4n) is 8.56. The maximum atomic E-state index is 13.3. The van der Waals surface area contributed by atoms with Gasteiger partial charge in [0.25, 0.3) is 0 Å². The van der Waals surface area contributed by atoms with Crippen molar-refractivity contribution >= 4 is 11.9 Å². The second-order valence-corrected chi connectivity index (χ2v) is 11.4. The molecule has 1 N–H and O–H groups in total. The van der Waals surface area contributed by atoms with E-state index in [2.05, 4.69) is 26.0 Å². The van der Waals surface area contributed by atoms with Crippen molar-refractivity contribution in [3.8, 4) is 0 Å². The highest BCUT2D eigenvalue weighted by atomic mass is 16.3. The summed E-state index contributed by atoms with van der Waals surface area (Å²) in [6.07, 6.45) is 14.4. The van der Waals surface area contributed by atoms with Crippen molar-refractivity contribution in [2.24, 2.45) is 40.4 Å². The largest absolute Gasteiger partial charge is 0.393 e. The van der Waals surface area contributed by atoms with E-state index in [0.717, 1.165) is 36.7 Å². The summed E-state index contributed by atoms with van der Waals surface area (Å²) in [5, 5.41) is 10.2. The lowest BCUT2D eigenvalue weighted by molar-refractivity contribution is -0.136. The molecule has 1 aromatic carbocycles. The molecular weight excluding hydrogens is 368 g/mol. The van der Waals surface area contributed by atoms with E-state index in [1.807, 2.05) is 30.4 Å². The van der Waals surface area contributed by atoms with Gasteiger partial charge in [-0.05, 0) is 104 Å². The minimum Gasteiger partial charge on any atom is -0.393 e. The van der Waals surface area contributed by atoms with Crippen LogP contribution in [0.25, 0.3) is 6.08 Å². The van der Waals surface area contributed by atoms with Crippen molar-refractivity contribution in [3.63, 3.8) is 0 Å². The SMILES string of the molecule is C[C@]12CC[C@@H](O)C[C@@H]1CC[C@H]1[C@H]2CC[C@]2(C)[C@@H](C(=O)/C=C/c3ccccc3)CC[C@H]12. The highest BCUT2D eigenvalue weighted by Crippen LogP contribution is 2.67. The molecule has 5 rings (SSSR count). The van der Waals surface area contributed by atoms with Gasteiger partial charge in [-0.25, -0.2) is 0 Å². The van der Waals surface area contributed by atoms with Crippen LogP contribution in [0, 0.1) is 40.4 Å². The van der Waals surface area contributed by atoms with Crippen LogP contribution in [-0.4, -0.2) is 17.0 Å². The monoisotopic (exact) mass is 406 g/mol. The van der Waals surface area contributed by atoms with E-state index in [-0.39, 0.29) is 17.4 Å². The van der Waals surface area contributed by atoms with Crippen molar-refractivity contribution in [3.05, 3.63) is 42.0 Å². The molecule has 4 saturated carbocycles. The van der Waals surface area contributed by atoms with Gasteiger partial charge in [-0.15, -0.1) is 0 Å². The molecule has 2 heteroatoms. The lowest BCUT2D eigenvalue weighted by atomic mass is 9.44. The Labute approximate surface area is 182 Å². The number of carbonyl (C=O) groups is 1. The molecule has 30 heavy (non-hydrogen) atoms. The van der Waals surface area contributed by atoms with Crippen LogP contribution in [0.5, 0.6) is 0 Å². The van der Waals surface area contributed by atoms with Crippen LogP contribution in [0.1, 0.15) is 77.2 Å².